The van der Waals surface area contributed by atoms with E-state index < -0.39 is 11.8 Å². The molecule has 0 spiro atoms. The highest BCUT2D eigenvalue weighted by molar-refractivity contribution is 7.80. The second-order valence-corrected chi connectivity index (χ2v) is 4.82. The normalized spacial score (nSPS) is 20.5. The van der Waals surface area contributed by atoms with Gasteiger partial charge in [-0.3, -0.25) is 19.5 Å². The van der Waals surface area contributed by atoms with Gasteiger partial charge >= 0.3 is 0 Å². The van der Waals surface area contributed by atoms with Crippen LogP contribution in [-0.2, 0) is 9.59 Å². The maximum Gasteiger partial charge on any atom is 0.246 e. The van der Waals surface area contributed by atoms with Crippen LogP contribution in [0.1, 0.15) is 13.8 Å². The molecule has 1 aliphatic rings. The summed E-state index contributed by atoms with van der Waals surface area (Å²) in [5.74, 6) is -1.58. The highest BCUT2D eigenvalue weighted by Gasteiger charge is 2.35. The Morgan fingerprint density at radius 1 is 1.42 bits per heavy atom. The van der Waals surface area contributed by atoms with Gasteiger partial charge in [0.15, 0.2) is 11.0 Å². The van der Waals surface area contributed by atoms with E-state index in [0.717, 1.165) is 19.6 Å². The summed E-state index contributed by atoms with van der Waals surface area (Å²) in [6.07, 6.45) is 1.43. The van der Waals surface area contributed by atoms with Gasteiger partial charge in [0.2, 0.25) is 11.8 Å². The minimum absolute atomic E-state index is 0.146. The van der Waals surface area contributed by atoms with Crippen LogP contribution in [-0.4, -0.2) is 61.3 Å². The molecule has 7 heteroatoms. The van der Waals surface area contributed by atoms with Gasteiger partial charge < -0.3 is 10.2 Å². The van der Waals surface area contributed by atoms with Gasteiger partial charge in [-0.15, -0.1) is 0 Å². The first-order valence-corrected chi connectivity index (χ1v) is 6.88. The van der Waals surface area contributed by atoms with E-state index in [1.165, 1.54) is 16.0 Å². The van der Waals surface area contributed by atoms with Gasteiger partial charge in [-0.25, -0.2) is 0 Å². The average Bonchev–Trinajstić information content (AvgIpc) is 2.39. The standard InChI is InChI=1S/C12H20N4O2S/c1-4-16(5-2)7-6-13-8-9-10(17)14-12(19)15(3)11(9)18/h8-9H,4-7H2,1-3H3,(H,14,17,19)/p+1. The molecular formula is C12H21N4O2S+. The molecule has 106 valence electrons. The van der Waals surface area contributed by atoms with Crippen molar-refractivity contribution in [2.45, 2.75) is 13.8 Å². The number of nitrogens with zero attached hydrogens (tertiary/aromatic N) is 2. The third kappa shape index (κ3) is 4.07. The molecule has 0 radical (unpaired) electrons. The lowest BCUT2D eigenvalue weighted by Gasteiger charge is -2.27. The molecule has 6 nitrogen and oxygen atoms in total. The van der Waals surface area contributed by atoms with Crippen molar-refractivity contribution in [2.75, 3.05) is 33.2 Å². The number of carbonyl (C=O) groups is 2. The molecule has 1 unspecified atom stereocenters. The molecule has 0 aliphatic carbocycles. The second-order valence-electron chi connectivity index (χ2n) is 4.43. The number of carbonyl (C=O) groups excluding carboxylic acids is 2. The van der Waals surface area contributed by atoms with E-state index in [-0.39, 0.29) is 11.0 Å². The first-order valence-electron chi connectivity index (χ1n) is 6.47. The van der Waals surface area contributed by atoms with Crippen LogP contribution in [0.25, 0.3) is 0 Å². The predicted octanol–water partition coefficient (Wildman–Crippen LogP) is -1.53. The van der Waals surface area contributed by atoms with Crippen molar-refractivity contribution in [3.05, 3.63) is 0 Å². The molecule has 19 heavy (non-hydrogen) atoms. The molecular weight excluding hydrogens is 264 g/mol. The Morgan fingerprint density at radius 3 is 2.63 bits per heavy atom. The molecule has 1 aliphatic heterocycles. The number of quaternary nitrogens is 1. The SMILES string of the molecule is CC[NH+](CC)CCN=CC1C(=O)NC(=S)N(C)C1=O. The topological polar surface area (TPSA) is 66.2 Å². The van der Waals surface area contributed by atoms with E-state index in [1.807, 2.05) is 0 Å². The molecule has 1 heterocycles. The van der Waals surface area contributed by atoms with Crippen LogP contribution in [0.2, 0.25) is 0 Å². The van der Waals surface area contributed by atoms with Gasteiger partial charge in [-0.1, -0.05) is 0 Å². The zero-order valence-electron chi connectivity index (χ0n) is 11.6. The number of aliphatic imine (C=N–C) groups is 1. The van der Waals surface area contributed by atoms with Crippen LogP contribution in [0, 0.1) is 5.92 Å². The van der Waals surface area contributed by atoms with E-state index in [4.69, 9.17) is 12.2 Å². The largest absolute Gasteiger partial charge is 0.334 e. The van der Waals surface area contributed by atoms with Gasteiger partial charge in [0.05, 0.1) is 26.2 Å². The molecule has 0 bridgehead atoms. The van der Waals surface area contributed by atoms with E-state index >= 15 is 0 Å². The lowest BCUT2D eigenvalue weighted by molar-refractivity contribution is -0.894. The summed E-state index contributed by atoms with van der Waals surface area (Å²) in [5.41, 5.74) is 0. The summed E-state index contributed by atoms with van der Waals surface area (Å²) in [4.78, 5) is 30.4. The van der Waals surface area contributed by atoms with Crippen molar-refractivity contribution in [3.8, 4) is 0 Å². The van der Waals surface area contributed by atoms with Gasteiger partial charge in [-0.2, -0.15) is 0 Å². The highest BCUT2D eigenvalue weighted by Crippen LogP contribution is 2.06. The lowest BCUT2D eigenvalue weighted by atomic mass is 10.1. The maximum absolute atomic E-state index is 11.9. The third-order valence-corrected chi connectivity index (χ3v) is 3.64. The summed E-state index contributed by atoms with van der Waals surface area (Å²) in [6, 6.07) is 0. The fourth-order valence-electron chi connectivity index (χ4n) is 1.83. The third-order valence-electron chi connectivity index (χ3n) is 3.26. The highest BCUT2D eigenvalue weighted by atomic mass is 32.1. The van der Waals surface area contributed by atoms with Gasteiger partial charge in [0.1, 0.15) is 0 Å². The number of amides is 2. The van der Waals surface area contributed by atoms with Crippen LogP contribution < -0.4 is 10.2 Å². The second kappa shape index (κ2) is 7.30. The zero-order chi connectivity index (χ0) is 14.4. The lowest BCUT2D eigenvalue weighted by Crippen LogP contribution is -3.11. The summed E-state index contributed by atoms with van der Waals surface area (Å²) >= 11 is 4.86. The number of nitrogens with one attached hydrogen (secondary N) is 2. The fourth-order valence-corrected chi connectivity index (χ4v) is 2.02. The summed E-state index contributed by atoms with van der Waals surface area (Å²) in [5, 5.41) is 2.63. The molecule has 0 saturated carbocycles. The first kappa shape index (κ1) is 15.7. The quantitative estimate of drug-likeness (QED) is 0.354. The number of rotatable bonds is 6. The van der Waals surface area contributed by atoms with Crippen molar-refractivity contribution in [1.29, 1.82) is 0 Å². The first-order chi connectivity index (χ1) is 9.01. The molecule has 0 aromatic rings. The molecule has 0 aromatic heterocycles. The maximum atomic E-state index is 11.9. The Bertz CT molecular complexity index is 393. The van der Waals surface area contributed by atoms with Crippen molar-refractivity contribution in [3.63, 3.8) is 0 Å². The van der Waals surface area contributed by atoms with Crippen LogP contribution in [0.5, 0.6) is 0 Å². The van der Waals surface area contributed by atoms with Crippen molar-refractivity contribution in [1.82, 2.24) is 10.2 Å². The summed E-state index contributed by atoms with van der Waals surface area (Å²) < 4.78 is 0. The Hall–Kier alpha value is -1.34. The van der Waals surface area contributed by atoms with Gasteiger partial charge in [0, 0.05) is 13.3 Å². The van der Waals surface area contributed by atoms with E-state index in [9.17, 15) is 9.59 Å². The number of hydrogen-bond donors (Lipinski definition) is 2. The summed E-state index contributed by atoms with van der Waals surface area (Å²) in [6.45, 7) is 7.85. The number of hydrogen-bond acceptors (Lipinski definition) is 4. The Balaban J connectivity index is 2.53. The molecule has 1 rings (SSSR count). The van der Waals surface area contributed by atoms with E-state index in [0.29, 0.717) is 6.54 Å². The molecule has 0 aromatic carbocycles. The number of likely N-dealkylation sites (N-methyl/N-ethyl adjacent to an activating group) is 1. The Morgan fingerprint density at radius 2 is 2.05 bits per heavy atom. The average molecular weight is 285 g/mol. The van der Waals surface area contributed by atoms with Gasteiger partial charge in [0.25, 0.3) is 0 Å². The van der Waals surface area contributed by atoms with E-state index in [1.54, 1.807) is 7.05 Å². The Labute approximate surface area is 118 Å². The minimum atomic E-state index is -0.858. The van der Waals surface area contributed by atoms with Crippen LogP contribution >= 0.6 is 12.2 Å². The Kier molecular flexibility index (Phi) is 6.04. The number of thiocarbonyl (C=S) groups is 1. The molecule has 1 fully saturated rings. The molecule has 2 N–H and O–H groups in total. The zero-order valence-corrected chi connectivity index (χ0v) is 12.4. The molecule has 1 saturated heterocycles. The smallest absolute Gasteiger partial charge is 0.246 e. The van der Waals surface area contributed by atoms with Gasteiger partial charge in [-0.05, 0) is 26.1 Å². The minimum Gasteiger partial charge on any atom is -0.334 e. The summed E-state index contributed by atoms with van der Waals surface area (Å²) in [7, 11) is 1.55. The fraction of sp³-hybridized carbons (Fsp3) is 0.667. The van der Waals surface area contributed by atoms with Crippen LogP contribution in [0.4, 0.5) is 0 Å². The molecule has 2 amide bonds. The van der Waals surface area contributed by atoms with Crippen molar-refractivity contribution < 1.29 is 14.5 Å². The van der Waals surface area contributed by atoms with E-state index in [2.05, 4.69) is 24.2 Å². The van der Waals surface area contributed by atoms with Crippen molar-refractivity contribution >= 4 is 35.4 Å². The van der Waals surface area contributed by atoms with Crippen molar-refractivity contribution in [2.24, 2.45) is 10.9 Å². The predicted molar refractivity (Wildman–Crippen MR) is 77.3 cm³/mol. The van der Waals surface area contributed by atoms with Crippen LogP contribution in [0.3, 0.4) is 0 Å². The monoisotopic (exact) mass is 285 g/mol. The van der Waals surface area contributed by atoms with Crippen LogP contribution in [0.15, 0.2) is 4.99 Å². The molecule has 1 atom stereocenters.